The Labute approximate surface area is 145 Å². The van der Waals surface area contributed by atoms with Gasteiger partial charge in [0.15, 0.2) is 5.82 Å². The quantitative estimate of drug-likeness (QED) is 0.739. The molecule has 3 heterocycles. The Morgan fingerprint density at radius 1 is 1.28 bits per heavy atom. The molecule has 25 heavy (non-hydrogen) atoms. The van der Waals surface area contributed by atoms with E-state index in [0.717, 1.165) is 25.2 Å². The normalized spacial score (nSPS) is 18.6. The lowest BCUT2D eigenvalue weighted by atomic mass is 10.1. The summed E-state index contributed by atoms with van der Waals surface area (Å²) >= 11 is 0. The molecule has 0 radical (unpaired) electrons. The van der Waals surface area contributed by atoms with Crippen LogP contribution in [0.25, 0.3) is 11.4 Å². The number of hydrogen-bond acceptors (Lipinski definition) is 8. The monoisotopic (exact) mass is 340 g/mol. The zero-order valence-corrected chi connectivity index (χ0v) is 14.3. The molecule has 1 saturated heterocycles. The molecule has 0 saturated carbocycles. The lowest BCUT2D eigenvalue weighted by Crippen LogP contribution is -2.44. The number of nitrogens with zero attached hydrogens (tertiary/aromatic N) is 7. The maximum absolute atomic E-state index is 5.36. The van der Waals surface area contributed by atoms with Crippen LogP contribution in [0.2, 0.25) is 0 Å². The second-order valence-electron chi connectivity index (χ2n) is 6.26. The van der Waals surface area contributed by atoms with E-state index in [-0.39, 0.29) is 6.04 Å². The van der Waals surface area contributed by atoms with Gasteiger partial charge in [-0.15, -0.1) is 10.2 Å². The van der Waals surface area contributed by atoms with Gasteiger partial charge >= 0.3 is 0 Å². The van der Waals surface area contributed by atoms with Crippen molar-refractivity contribution in [3.63, 3.8) is 0 Å². The van der Waals surface area contributed by atoms with Gasteiger partial charge in [-0.2, -0.15) is 9.78 Å². The second-order valence-corrected chi connectivity index (χ2v) is 6.26. The molecule has 3 aromatic rings. The molecule has 0 spiro atoms. The fourth-order valence-corrected chi connectivity index (χ4v) is 2.81. The van der Waals surface area contributed by atoms with Crippen LogP contribution in [0, 0.1) is 6.92 Å². The first-order valence-electron chi connectivity index (χ1n) is 8.27. The van der Waals surface area contributed by atoms with Gasteiger partial charge in [-0.05, 0) is 19.2 Å². The zero-order valence-electron chi connectivity index (χ0n) is 14.3. The van der Waals surface area contributed by atoms with Crippen LogP contribution >= 0.6 is 0 Å². The van der Waals surface area contributed by atoms with Gasteiger partial charge in [-0.3, -0.25) is 4.90 Å². The molecule has 1 aliphatic rings. The average molecular weight is 340 g/mol. The smallest absolute Gasteiger partial charge is 0.250 e. The Hall–Kier alpha value is -2.65. The van der Waals surface area contributed by atoms with E-state index in [0.29, 0.717) is 24.1 Å². The number of nitrogens with one attached hydrogen (secondary N) is 1. The highest BCUT2D eigenvalue weighted by Crippen LogP contribution is 2.18. The Bertz CT molecular complexity index is 840. The predicted molar refractivity (Wildman–Crippen MR) is 89.6 cm³/mol. The molecule has 1 atom stereocenters. The van der Waals surface area contributed by atoms with E-state index in [2.05, 4.69) is 42.8 Å². The minimum absolute atomic E-state index is 0.123. The summed E-state index contributed by atoms with van der Waals surface area (Å²) in [5.74, 6) is 1.74. The molecule has 4 rings (SSSR count). The highest BCUT2D eigenvalue weighted by molar-refractivity contribution is 5.53. The lowest BCUT2D eigenvalue weighted by Gasteiger charge is -2.30. The fraction of sp³-hybridized carbons (Fsp3) is 0.438. The Morgan fingerprint density at radius 2 is 2.12 bits per heavy atom. The molecule has 1 fully saturated rings. The van der Waals surface area contributed by atoms with Gasteiger partial charge in [0.2, 0.25) is 11.7 Å². The topological polar surface area (TPSA) is 97.8 Å². The van der Waals surface area contributed by atoms with Gasteiger partial charge in [0.25, 0.3) is 0 Å². The van der Waals surface area contributed by atoms with Crippen LogP contribution in [-0.2, 0) is 6.54 Å². The van der Waals surface area contributed by atoms with Crippen molar-refractivity contribution in [1.29, 1.82) is 0 Å². The van der Waals surface area contributed by atoms with Crippen LogP contribution in [0.3, 0.4) is 0 Å². The number of rotatable bonds is 4. The highest BCUT2D eigenvalue weighted by Gasteiger charge is 2.25. The summed E-state index contributed by atoms with van der Waals surface area (Å²) < 4.78 is 5.36. The van der Waals surface area contributed by atoms with Gasteiger partial charge in [0, 0.05) is 25.2 Å². The Morgan fingerprint density at radius 3 is 2.92 bits per heavy atom. The molecule has 9 heteroatoms. The zero-order chi connectivity index (χ0) is 17.2. The minimum atomic E-state index is 0.123. The summed E-state index contributed by atoms with van der Waals surface area (Å²) in [5, 5.41) is 20.0. The molecular weight excluding hydrogens is 320 g/mol. The van der Waals surface area contributed by atoms with E-state index in [9.17, 15) is 0 Å². The van der Waals surface area contributed by atoms with E-state index >= 15 is 0 Å². The van der Waals surface area contributed by atoms with Crippen molar-refractivity contribution >= 4 is 0 Å². The number of hydrogen-bond donors (Lipinski definition) is 1. The molecular formula is C16H20N8O. The summed E-state index contributed by atoms with van der Waals surface area (Å²) in [7, 11) is 2.06. The van der Waals surface area contributed by atoms with E-state index in [1.807, 2.05) is 31.2 Å². The van der Waals surface area contributed by atoms with Crippen LogP contribution in [0.4, 0.5) is 0 Å². The van der Waals surface area contributed by atoms with E-state index in [4.69, 9.17) is 4.52 Å². The highest BCUT2D eigenvalue weighted by atomic mass is 16.5. The number of aryl methyl sites for hydroxylation is 1. The van der Waals surface area contributed by atoms with Gasteiger partial charge < -0.3 is 9.84 Å². The number of likely N-dealkylation sites (N-methyl/N-ethyl adjacent to an activating group) is 1. The van der Waals surface area contributed by atoms with Crippen LogP contribution in [0.15, 0.2) is 28.8 Å². The first kappa shape index (κ1) is 15.9. The summed E-state index contributed by atoms with van der Waals surface area (Å²) in [6, 6.07) is 8.13. The number of piperazine rings is 1. The fourth-order valence-electron chi connectivity index (χ4n) is 2.81. The maximum atomic E-state index is 5.36. The third-order valence-corrected chi connectivity index (χ3v) is 4.33. The van der Waals surface area contributed by atoms with Gasteiger partial charge in [-0.1, -0.05) is 35.0 Å². The summed E-state index contributed by atoms with van der Waals surface area (Å²) in [5.41, 5.74) is 2.12. The van der Waals surface area contributed by atoms with Crippen LogP contribution < -0.4 is 5.32 Å². The summed E-state index contributed by atoms with van der Waals surface area (Å²) in [6.45, 7) is 5.09. The number of tetrazole rings is 1. The third-order valence-electron chi connectivity index (χ3n) is 4.33. The van der Waals surface area contributed by atoms with Crippen molar-refractivity contribution < 1.29 is 4.52 Å². The molecule has 9 nitrogen and oxygen atoms in total. The molecule has 0 aliphatic carbocycles. The predicted octanol–water partition coefficient (Wildman–Crippen LogP) is 0.656. The first-order chi connectivity index (χ1) is 12.2. The molecule has 130 valence electrons. The average Bonchev–Trinajstić information content (AvgIpc) is 3.26. The number of aromatic nitrogens is 6. The van der Waals surface area contributed by atoms with Crippen molar-refractivity contribution in [1.82, 2.24) is 40.6 Å². The van der Waals surface area contributed by atoms with E-state index < -0.39 is 0 Å². The van der Waals surface area contributed by atoms with Crippen molar-refractivity contribution in [3.05, 3.63) is 41.5 Å². The van der Waals surface area contributed by atoms with Crippen LogP contribution in [0.1, 0.15) is 23.3 Å². The van der Waals surface area contributed by atoms with E-state index in [1.54, 1.807) is 0 Å². The molecule has 0 bridgehead atoms. The summed E-state index contributed by atoms with van der Waals surface area (Å²) in [4.78, 5) is 8.17. The second kappa shape index (κ2) is 6.69. The van der Waals surface area contributed by atoms with Gasteiger partial charge in [-0.25, -0.2) is 0 Å². The molecule has 1 unspecified atom stereocenters. The van der Waals surface area contributed by atoms with Crippen molar-refractivity contribution in [2.24, 2.45) is 0 Å². The lowest BCUT2D eigenvalue weighted by molar-refractivity contribution is 0.190. The van der Waals surface area contributed by atoms with Crippen LogP contribution in [-0.4, -0.2) is 61.9 Å². The molecule has 1 aliphatic heterocycles. The largest absolute Gasteiger partial charge is 0.337 e. The Balaban J connectivity index is 1.47. The standard InChI is InChI=1S/C16H20N8O/c1-11-3-5-12(6-4-11)15-19-22-24(20-15)10-14-18-16(21-25-14)13-9-17-7-8-23(13)2/h3-6,13,17H,7-10H2,1-2H3. The van der Waals surface area contributed by atoms with Gasteiger partial charge in [0.05, 0.1) is 6.04 Å². The minimum Gasteiger partial charge on any atom is -0.337 e. The number of benzene rings is 1. The van der Waals surface area contributed by atoms with Gasteiger partial charge in [0.1, 0.15) is 6.54 Å². The molecule has 1 aromatic carbocycles. The summed E-state index contributed by atoms with van der Waals surface area (Å²) in [6.07, 6.45) is 0. The Kier molecular flexibility index (Phi) is 4.24. The van der Waals surface area contributed by atoms with Crippen molar-refractivity contribution in [2.45, 2.75) is 19.5 Å². The first-order valence-corrected chi connectivity index (χ1v) is 8.27. The molecule has 2 aromatic heterocycles. The van der Waals surface area contributed by atoms with Crippen molar-refractivity contribution in [3.8, 4) is 11.4 Å². The van der Waals surface area contributed by atoms with E-state index in [1.165, 1.54) is 10.4 Å². The molecule has 0 amide bonds. The third kappa shape index (κ3) is 3.42. The maximum Gasteiger partial charge on any atom is 0.250 e. The SMILES string of the molecule is Cc1ccc(-c2nnn(Cc3nc(C4CNCCN4C)no3)n2)cc1. The van der Waals surface area contributed by atoms with Crippen LogP contribution in [0.5, 0.6) is 0 Å². The van der Waals surface area contributed by atoms with Crippen molar-refractivity contribution in [2.75, 3.05) is 26.7 Å². The molecule has 1 N–H and O–H groups in total.